The van der Waals surface area contributed by atoms with E-state index < -0.39 is 12.1 Å². The fourth-order valence-electron chi connectivity index (χ4n) is 3.19. The maximum atomic E-state index is 12.9. The van der Waals surface area contributed by atoms with Crippen molar-refractivity contribution in [3.05, 3.63) is 36.4 Å². The van der Waals surface area contributed by atoms with Crippen LogP contribution in [0, 0.1) is 5.92 Å². The third-order valence-electron chi connectivity index (χ3n) is 4.90. The number of hydrogen-bond acceptors (Lipinski definition) is 6. The summed E-state index contributed by atoms with van der Waals surface area (Å²) in [5, 5.41) is 2.72. The molecule has 1 saturated carbocycles. The number of carbonyl (C=O) groups excluding carboxylic acids is 1. The summed E-state index contributed by atoms with van der Waals surface area (Å²) >= 11 is 0. The lowest BCUT2D eigenvalue weighted by atomic mass is 10.2. The summed E-state index contributed by atoms with van der Waals surface area (Å²) in [5.74, 6) is 0.432. The predicted octanol–water partition coefficient (Wildman–Crippen LogP) is 5.09. The molecule has 176 valence electrons. The summed E-state index contributed by atoms with van der Waals surface area (Å²) < 4.78 is 59.9. The van der Waals surface area contributed by atoms with E-state index in [2.05, 4.69) is 15.0 Å². The lowest BCUT2D eigenvalue weighted by Gasteiger charge is -2.14. The third-order valence-corrected chi connectivity index (χ3v) is 4.90. The van der Waals surface area contributed by atoms with E-state index in [9.17, 15) is 18.0 Å². The molecule has 0 bridgehead atoms. The Labute approximate surface area is 187 Å². The van der Waals surface area contributed by atoms with E-state index in [-0.39, 0.29) is 30.2 Å². The number of hydrogen-bond donors (Lipinski definition) is 1. The first-order valence-electron chi connectivity index (χ1n) is 10.5. The van der Waals surface area contributed by atoms with Crippen molar-refractivity contribution in [2.75, 3.05) is 13.2 Å². The highest BCUT2D eigenvalue weighted by atomic mass is 19.4. The number of alkyl halides is 3. The van der Waals surface area contributed by atoms with E-state index in [0.717, 1.165) is 12.8 Å². The van der Waals surface area contributed by atoms with Gasteiger partial charge in [-0.25, -0.2) is 4.98 Å². The lowest BCUT2D eigenvalue weighted by molar-refractivity contribution is -0.275. The number of amides is 1. The van der Waals surface area contributed by atoms with Crippen molar-refractivity contribution in [3.63, 3.8) is 0 Å². The van der Waals surface area contributed by atoms with Crippen LogP contribution in [0.4, 0.5) is 13.2 Å². The molecule has 1 fully saturated rings. The minimum absolute atomic E-state index is 0.0167. The Bertz CT molecular complexity index is 1140. The number of nitrogens with one attached hydrogen (secondary N) is 1. The molecule has 0 unspecified atom stereocenters. The first-order chi connectivity index (χ1) is 15.7. The van der Waals surface area contributed by atoms with Gasteiger partial charge in [-0.05, 0) is 56.0 Å². The summed E-state index contributed by atoms with van der Waals surface area (Å²) in [6, 6.07) is 9.02. The second kappa shape index (κ2) is 9.21. The molecule has 1 N–H and O–H groups in total. The summed E-state index contributed by atoms with van der Waals surface area (Å²) in [5.41, 5.74) is 1.23. The topological polar surface area (TPSA) is 82.8 Å². The van der Waals surface area contributed by atoms with Gasteiger partial charge in [0.15, 0.2) is 17.1 Å². The van der Waals surface area contributed by atoms with Gasteiger partial charge in [-0.15, -0.1) is 13.2 Å². The fourth-order valence-corrected chi connectivity index (χ4v) is 3.19. The molecule has 10 heteroatoms. The highest BCUT2D eigenvalue weighted by Gasteiger charge is 2.33. The number of benzene rings is 2. The molecular weight excluding hydrogens is 441 g/mol. The molecular formula is C23H23F3N2O5. The SMILES string of the molecule is CC(=O)N[C@@H](C)COc1ccc2nc(-c3ccc(OCC4CC4)c(OC(F)(F)F)c3)oc2c1. The van der Waals surface area contributed by atoms with E-state index in [1.165, 1.54) is 19.1 Å². The second-order valence-electron chi connectivity index (χ2n) is 8.02. The van der Waals surface area contributed by atoms with Crippen molar-refractivity contribution in [2.45, 2.75) is 39.1 Å². The largest absolute Gasteiger partial charge is 0.573 e. The molecule has 2 aromatic carbocycles. The Morgan fingerprint density at radius 1 is 1.18 bits per heavy atom. The molecule has 0 saturated heterocycles. The number of rotatable bonds is 9. The second-order valence-corrected chi connectivity index (χ2v) is 8.02. The van der Waals surface area contributed by atoms with Gasteiger partial charge in [0.2, 0.25) is 11.8 Å². The molecule has 1 heterocycles. The van der Waals surface area contributed by atoms with Gasteiger partial charge >= 0.3 is 6.36 Å². The van der Waals surface area contributed by atoms with E-state index >= 15 is 0 Å². The summed E-state index contributed by atoms with van der Waals surface area (Å²) in [6.45, 7) is 3.84. The van der Waals surface area contributed by atoms with Gasteiger partial charge in [0.25, 0.3) is 0 Å². The fraction of sp³-hybridized carbons (Fsp3) is 0.391. The van der Waals surface area contributed by atoms with Crippen molar-refractivity contribution in [2.24, 2.45) is 5.92 Å². The quantitative estimate of drug-likeness (QED) is 0.475. The number of aromatic nitrogens is 1. The zero-order chi connectivity index (χ0) is 23.6. The molecule has 4 rings (SSSR count). The normalized spacial score (nSPS) is 14.7. The molecule has 0 aliphatic heterocycles. The Balaban J connectivity index is 1.54. The highest BCUT2D eigenvalue weighted by molar-refractivity contribution is 5.78. The molecule has 7 nitrogen and oxygen atoms in total. The van der Waals surface area contributed by atoms with Gasteiger partial charge in [-0.1, -0.05) is 0 Å². The monoisotopic (exact) mass is 464 g/mol. The van der Waals surface area contributed by atoms with Crippen LogP contribution in [0.1, 0.15) is 26.7 Å². The molecule has 1 aromatic heterocycles. The number of oxazole rings is 1. The van der Waals surface area contributed by atoms with Crippen LogP contribution in [-0.2, 0) is 4.79 Å². The first kappa shape index (κ1) is 22.8. The van der Waals surface area contributed by atoms with Gasteiger partial charge in [0.05, 0.1) is 12.6 Å². The van der Waals surface area contributed by atoms with Crippen LogP contribution in [-0.4, -0.2) is 36.5 Å². The molecule has 1 atom stereocenters. The van der Waals surface area contributed by atoms with Crippen molar-refractivity contribution in [1.82, 2.24) is 10.3 Å². The minimum Gasteiger partial charge on any atom is -0.491 e. The number of ether oxygens (including phenoxy) is 3. The van der Waals surface area contributed by atoms with Crippen molar-refractivity contribution < 1.29 is 36.6 Å². The molecule has 1 aliphatic rings. The van der Waals surface area contributed by atoms with Gasteiger partial charge in [0, 0.05) is 18.6 Å². The summed E-state index contributed by atoms with van der Waals surface area (Å²) in [7, 11) is 0. The molecule has 1 aliphatic carbocycles. The minimum atomic E-state index is -4.86. The van der Waals surface area contributed by atoms with E-state index in [1.807, 2.05) is 6.92 Å². The van der Waals surface area contributed by atoms with E-state index in [1.54, 1.807) is 24.3 Å². The Morgan fingerprint density at radius 2 is 1.97 bits per heavy atom. The van der Waals surface area contributed by atoms with Crippen LogP contribution in [0.3, 0.4) is 0 Å². The molecule has 0 spiro atoms. The van der Waals surface area contributed by atoms with Crippen molar-refractivity contribution in [1.29, 1.82) is 0 Å². The number of fused-ring (bicyclic) bond motifs is 1. The van der Waals surface area contributed by atoms with Crippen LogP contribution < -0.4 is 19.5 Å². The zero-order valence-electron chi connectivity index (χ0n) is 18.1. The maximum absolute atomic E-state index is 12.9. The van der Waals surface area contributed by atoms with E-state index in [0.29, 0.717) is 34.9 Å². The van der Waals surface area contributed by atoms with Crippen LogP contribution in [0.25, 0.3) is 22.6 Å². The molecule has 33 heavy (non-hydrogen) atoms. The average Bonchev–Trinajstić information content (AvgIpc) is 3.46. The average molecular weight is 464 g/mol. The maximum Gasteiger partial charge on any atom is 0.573 e. The van der Waals surface area contributed by atoms with Gasteiger partial charge in [0.1, 0.15) is 17.9 Å². The van der Waals surface area contributed by atoms with Crippen molar-refractivity contribution in [3.8, 4) is 28.7 Å². The number of nitrogens with zero attached hydrogens (tertiary/aromatic N) is 1. The Morgan fingerprint density at radius 3 is 2.67 bits per heavy atom. The van der Waals surface area contributed by atoms with Crippen LogP contribution in [0.2, 0.25) is 0 Å². The summed E-state index contributed by atoms with van der Waals surface area (Å²) in [4.78, 5) is 15.5. The van der Waals surface area contributed by atoms with Gasteiger partial charge in [-0.2, -0.15) is 0 Å². The Hall–Kier alpha value is -3.43. The van der Waals surface area contributed by atoms with Crippen LogP contribution >= 0.6 is 0 Å². The first-order valence-corrected chi connectivity index (χ1v) is 10.5. The smallest absolute Gasteiger partial charge is 0.491 e. The van der Waals surface area contributed by atoms with Crippen molar-refractivity contribution >= 4 is 17.0 Å². The number of halogens is 3. The molecule has 3 aromatic rings. The van der Waals surface area contributed by atoms with Crippen LogP contribution in [0.5, 0.6) is 17.2 Å². The molecule has 0 radical (unpaired) electrons. The lowest BCUT2D eigenvalue weighted by Crippen LogP contribution is -2.35. The number of carbonyl (C=O) groups is 1. The zero-order valence-corrected chi connectivity index (χ0v) is 18.1. The standard InChI is InChI=1S/C23H23F3N2O5/c1-13(27-14(2)29)11-30-17-6-7-18-20(10-17)32-22(28-18)16-5-8-19(31-12-15-3-4-15)21(9-16)33-23(24,25)26/h5-10,13,15H,3-4,11-12H2,1-2H3,(H,27,29)/t13-/m0/s1. The highest BCUT2D eigenvalue weighted by Crippen LogP contribution is 2.38. The van der Waals surface area contributed by atoms with Gasteiger partial charge in [-0.3, -0.25) is 4.79 Å². The predicted molar refractivity (Wildman–Crippen MR) is 113 cm³/mol. The molecule has 1 amide bonds. The Kier molecular flexibility index (Phi) is 6.35. The summed E-state index contributed by atoms with van der Waals surface area (Å²) in [6.07, 6.45) is -2.85. The third kappa shape index (κ3) is 6.30. The van der Waals surface area contributed by atoms with Crippen LogP contribution in [0.15, 0.2) is 40.8 Å². The van der Waals surface area contributed by atoms with E-state index in [4.69, 9.17) is 13.9 Å². The van der Waals surface area contributed by atoms with Gasteiger partial charge < -0.3 is 23.9 Å².